The maximum Gasteiger partial charge on any atom is 0.195 e. The first kappa shape index (κ1) is 13.5. The Morgan fingerprint density at radius 2 is 1.95 bits per heavy atom. The minimum absolute atomic E-state index is 0.304. The lowest BCUT2D eigenvalue weighted by molar-refractivity contribution is 0.0833. The molecule has 1 atom stereocenters. The lowest BCUT2D eigenvalue weighted by Crippen LogP contribution is -2.21. The molecule has 0 amide bonds. The molecule has 2 nitrogen and oxygen atoms in total. The second kappa shape index (κ2) is 6.27. The second-order valence-corrected chi connectivity index (χ2v) is 4.92. The zero-order chi connectivity index (χ0) is 13.7. The van der Waals surface area contributed by atoms with E-state index in [0.717, 1.165) is 4.88 Å². The molecule has 0 fully saturated rings. The molecular weight excluding hydrogens is 256 g/mol. The number of carbonyl (C=O) groups excluding carboxylic acids is 1. The number of rotatable bonds is 5. The summed E-state index contributed by atoms with van der Waals surface area (Å²) < 4.78 is 0. The highest BCUT2D eigenvalue weighted by molar-refractivity contribution is 7.11. The first-order chi connectivity index (χ1) is 9.24. The van der Waals surface area contributed by atoms with Crippen molar-refractivity contribution in [3.05, 3.63) is 77.0 Å². The fourth-order valence-electron chi connectivity index (χ4n) is 1.78. The molecule has 1 aromatic heterocycles. The average Bonchev–Trinajstić information content (AvgIpc) is 2.98. The summed E-state index contributed by atoms with van der Waals surface area (Å²) >= 11 is 1.48. The molecule has 0 aliphatic carbocycles. The van der Waals surface area contributed by atoms with Gasteiger partial charge < -0.3 is 5.11 Å². The molecule has 0 aliphatic heterocycles. The minimum Gasteiger partial charge on any atom is -0.380 e. The molecule has 0 aliphatic rings. The number of carbonyl (C=O) groups is 1. The Bertz CT molecular complexity index is 582. The second-order valence-electron chi connectivity index (χ2n) is 3.97. The molecule has 96 valence electrons. The van der Waals surface area contributed by atoms with Crippen molar-refractivity contribution in [3.8, 4) is 0 Å². The summed E-state index contributed by atoms with van der Waals surface area (Å²) in [6, 6.07) is 12.6. The fraction of sp³-hybridized carbons (Fsp3) is 0.0625. The predicted octanol–water partition coefficient (Wildman–Crippen LogP) is 3.56. The lowest BCUT2D eigenvalue weighted by Gasteiger charge is -2.12. The largest absolute Gasteiger partial charge is 0.380 e. The lowest BCUT2D eigenvalue weighted by atomic mass is 9.98. The smallest absolute Gasteiger partial charge is 0.195 e. The van der Waals surface area contributed by atoms with Crippen LogP contribution < -0.4 is 0 Å². The van der Waals surface area contributed by atoms with Gasteiger partial charge in [-0.05, 0) is 11.4 Å². The van der Waals surface area contributed by atoms with Crippen molar-refractivity contribution in [1.82, 2.24) is 0 Å². The third kappa shape index (κ3) is 3.08. The molecule has 0 saturated heterocycles. The van der Waals surface area contributed by atoms with E-state index in [-0.39, 0.29) is 5.78 Å². The Morgan fingerprint density at radius 3 is 2.53 bits per heavy atom. The van der Waals surface area contributed by atoms with Gasteiger partial charge in [0.05, 0.1) is 0 Å². The number of hydrogen-bond donors (Lipinski definition) is 1. The summed E-state index contributed by atoms with van der Waals surface area (Å²) in [7, 11) is 0. The zero-order valence-electron chi connectivity index (χ0n) is 10.3. The number of benzene rings is 1. The molecule has 0 radical (unpaired) electrons. The van der Waals surface area contributed by atoms with Crippen LogP contribution >= 0.6 is 11.3 Å². The molecule has 1 heterocycles. The number of aliphatic hydroxyl groups is 1. The molecule has 0 saturated carbocycles. The minimum atomic E-state index is -1.17. The summed E-state index contributed by atoms with van der Waals surface area (Å²) in [6.45, 7) is 3.63. The van der Waals surface area contributed by atoms with Gasteiger partial charge in [-0.15, -0.1) is 11.3 Å². The molecule has 2 rings (SSSR count). The van der Waals surface area contributed by atoms with Crippen molar-refractivity contribution in [2.24, 2.45) is 0 Å². The van der Waals surface area contributed by atoms with Gasteiger partial charge in [0.15, 0.2) is 5.78 Å². The summed E-state index contributed by atoms with van der Waals surface area (Å²) in [5.41, 5.74) is 1.08. The van der Waals surface area contributed by atoms with Gasteiger partial charge in [-0.3, -0.25) is 4.79 Å². The number of allylic oxidation sites excluding steroid dienone is 2. The number of aliphatic hydroxyl groups excluding tert-OH is 1. The van der Waals surface area contributed by atoms with Crippen molar-refractivity contribution >= 4 is 22.7 Å². The first-order valence-corrected chi connectivity index (χ1v) is 6.76. The van der Waals surface area contributed by atoms with Gasteiger partial charge >= 0.3 is 0 Å². The van der Waals surface area contributed by atoms with Crippen LogP contribution in [0.1, 0.15) is 15.2 Å². The van der Waals surface area contributed by atoms with Crippen molar-refractivity contribution < 1.29 is 9.90 Å². The van der Waals surface area contributed by atoms with Gasteiger partial charge in [0.2, 0.25) is 0 Å². The molecule has 0 bridgehead atoms. The van der Waals surface area contributed by atoms with E-state index in [4.69, 9.17) is 0 Å². The highest BCUT2D eigenvalue weighted by Crippen LogP contribution is 2.25. The summed E-state index contributed by atoms with van der Waals surface area (Å²) in [5, 5.41) is 12.2. The Morgan fingerprint density at radius 1 is 1.21 bits per heavy atom. The standard InChI is InChI=1S/C16H14O2S/c1-2-7-13(14-10-6-11-19-14)16(18)15(17)12-8-4-3-5-9-12/h2-11,16,18H,1H2/b13-7-. The summed E-state index contributed by atoms with van der Waals surface area (Å²) in [6.07, 6.45) is 2.09. The van der Waals surface area contributed by atoms with Crippen molar-refractivity contribution in [2.45, 2.75) is 6.10 Å². The Kier molecular flexibility index (Phi) is 4.44. The predicted molar refractivity (Wildman–Crippen MR) is 79.3 cm³/mol. The van der Waals surface area contributed by atoms with Crippen LogP contribution in [0.15, 0.2) is 66.6 Å². The fourth-order valence-corrected chi connectivity index (χ4v) is 2.56. The maximum atomic E-state index is 12.2. The molecule has 1 aromatic carbocycles. The van der Waals surface area contributed by atoms with E-state index >= 15 is 0 Å². The summed E-state index contributed by atoms with van der Waals surface area (Å²) in [5.74, 6) is -0.304. The van der Waals surface area contributed by atoms with Gasteiger partial charge in [0.25, 0.3) is 0 Å². The highest BCUT2D eigenvalue weighted by Gasteiger charge is 2.22. The third-order valence-corrected chi connectivity index (χ3v) is 3.62. The zero-order valence-corrected chi connectivity index (χ0v) is 11.1. The van der Waals surface area contributed by atoms with Gasteiger partial charge in [-0.1, -0.05) is 55.1 Å². The van der Waals surface area contributed by atoms with E-state index in [0.29, 0.717) is 11.1 Å². The average molecular weight is 270 g/mol. The summed E-state index contributed by atoms with van der Waals surface area (Å²) in [4.78, 5) is 13.1. The molecule has 2 aromatic rings. The third-order valence-electron chi connectivity index (χ3n) is 2.70. The van der Waals surface area contributed by atoms with E-state index in [2.05, 4.69) is 6.58 Å². The SMILES string of the molecule is C=C/C=C(/c1cccs1)C(O)C(=O)c1ccccc1. The van der Waals surface area contributed by atoms with E-state index in [9.17, 15) is 9.90 Å². The maximum absolute atomic E-state index is 12.2. The van der Waals surface area contributed by atoms with Crippen LogP contribution in [-0.2, 0) is 0 Å². The monoisotopic (exact) mass is 270 g/mol. The Labute approximate surface area is 116 Å². The molecule has 3 heteroatoms. The van der Waals surface area contributed by atoms with Crippen LogP contribution in [0, 0.1) is 0 Å². The van der Waals surface area contributed by atoms with E-state index < -0.39 is 6.10 Å². The number of Topliss-reactive ketones (excluding diaryl/α,β-unsaturated/α-hetero) is 1. The normalized spacial score (nSPS) is 13.0. The number of ketones is 1. The van der Waals surface area contributed by atoms with Crippen LogP contribution in [0.2, 0.25) is 0 Å². The van der Waals surface area contributed by atoms with Crippen LogP contribution in [0.5, 0.6) is 0 Å². The number of thiophene rings is 1. The molecule has 0 spiro atoms. The van der Waals surface area contributed by atoms with Gasteiger partial charge in [-0.2, -0.15) is 0 Å². The van der Waals surface area contributed by atoms with Crippen LogP contribution in [0.4, 0.5) is 0 Å². The Hall–Kier alpha value is -1.97. The number of hydrogen-bond acceptors (Lipinski definition) is 3. The van der Waals surface area contributed by atoms with Crippen molar-refractivity contribution in [1.29, 1.82) is 0 Å². The van der Waals surface area contributed by atoms with Crippen LogP contribution in [-0.4, -0.2) is 17.0 Å². The topological polar surface area (TPSA) is 37.3 Å². The van der Waals surface area contributed by atoms with Crippen molar-refractivity contribution in [3.63, 3.8) is 0 Å². The van der Waals surface area contributed by atoms with Crippen molar-refractivity contribution in [2.75, 3.05) is 0 Å². The van der Waals surface area contributed by atoms with Crippen LogP contribution in [0.3, 0.4) is 0 Å². The van der Waals surface area contributed by atoms with E-state index in [1.807, 2.05) is 23.6 Å². The highest BCUT2D eigenvalue weighted by atomic mass is 32.1. The Balaban J connectivity index is 2.31. The molecular formula is C16H14O2S. The quantitative estimate of drug-likeness (QED) is 0.666. The van der Waals surface area contributed by atoms with Gasteiger partial charge in [-0.25, -0.2) is 0 Å². The van der Waals surface area contributed by atoms with E-state index in [1.54, 1.807) is 36.4 Å². The molecule has 1 unspecified atom stereocenters. The molecule has 19 heavy (non-hydrogen) atoms. The molecule has 1 N–H and O–H groups in total. The van der Waals surface area contributed by atoms with E-state index in [1.165, 1.54) is 11.3 Å². The first-order valence-electron chi connectivity index (χ1n) is 5.88. The van der Waals surface area contributed by atoms with Gasteiger partial charge in [0.1, 0.15) is 6.10 Å². The van der Waals surface area contributed by atoms with Gasteiger partial charge in [0, 0.05) is 16.0 Å². The van der Waals surface area contributed by atoms with Crippen LogP contribution in [0.25, 0.3) is 5.57 Å².